The molecule has 0 unspecified atom stereocenters. The van der Waals surface area contributed by atoms with E-state index in [1.807, 2.05) is 28.2 Å². The van der Waals surface area contributed by atoms with Crippen molar-refractivity contribution in [3.05, 3.63) is 83.6 Å². The minimum atomic E-state index is -1.03. The third-order valence-electron chi connectivity index (χ3n) is 8.03. The first-order valence-electron chi connectivity index (χ1n) is 14.9. The van der Waals surface area contributed by atoms with Gasteiger partial charge < -0.3 is 19.6 Å². The molecule has 8 nitrogen and oxygen atoms in total. The zero-order chi connectivity index (χ0) is 30.9. The first-order chi connectivity index (χ1) is 20.6. The average Bonchev–Trinajstić information content (AvgIpc) is 2.99. The van der Waals surface area contributed by atoms with Crippen LogP contribution in [0.15, 0.2) is 66.9 Å². The molecule has 1 amide bonds. The van der Waals surface area contributed by atoms with E-state index >= 15 is 0 Å². The van der Waals surface area contributed by atoms with Gasteiger partial charge in [-0.2, -0.15) is 0 Å². The van der Waals surface area contributed by atoms with Crippen molar-refractivity contribution in [2.24, 2.45) is 5.92 Å². The lowest BCUT2D eigenvalue weighted by molar-refractivity contribution is -0.131. The summed E-state index contributed by atoms with van der Waals surface area (Å²) in [6.07, 6.45) is 7.66. The first kappa shape index (κ1) is 31.9. The summed E-state index contributed by atoms with van der Waals surface area (Å²) in [5.74, 6) is -0.586. The minimum Gasteiger partial charge on any atom is -0.478 e. The molecular formula is C35H44N4O4. The molecule has 0 aliphatic heterocycles. The van der Waals surface area contributed by atoms with E-state index in [0.29, 0.717) is 24.5 Å². The average molecular weight is 585 g/mol. The maximum absolute atomic E-state index is 14.1. The van der Waals surface area contributed by atoms with Crippen LogP contribution in [0.1, 0.15) is 42.4 Å². The largest absolute Gasteiger partial charge is 0.478 e. The van der Waals surface area contributed by atoms with Gasteiger partial charge in [0, 0.05) is 44.5 Å². The number of hydrogen-bond acceptors (Lipinski definition) is 6. The third kappa shape index (κ3) is 8.99. The Hall–Kier alpha value is -4.01. The molecule has 1 N–H and O–H groups in total. The molecule has 1 aromatic heterocycles. The zero-order valence-corrected chi connectivity index (χ0v) is 26.0. The van der Waals surface area contributed by atoms with Crippen LogP contribution in [-0.2, 0) is 20.9 Å². The number of carboxylic acid groups (broad SMARTS) is 1. The van der Waals surface area contributed by atoms with Crippen LogP contribution in [0.25, 0.3) is 17.2 Å². The van der Waals surface area contributed by atoms with Crippen LogP contribution >= 0.6 is 0 Å². The lowest BCUT2D eigenvalue weighted by Gasteiger charge is -2.32. The number of carboxylic acids is 1. The molecule has 43 heavy (non-hydrogen) atoms. The molecule has 1 aliphatic rings. The second kappa shape index (κ2) is 14.9. The van der Waals surface area contributed by atoms with E-state index in [4.69, 9.17) is 9.84 Å². The van der Waals surface area contributed by atoms with E-state index in [0.717, 1.165) is 66.2 Å². The summed E-state index contributed by atoms with van der Waals surface area (Å²) >= 11 is 0. The zero-order valence-electron chi connectivity index (χ0n) is 26.0. The van der Waals surface area contributed by atoms with E-state index in [9.17, 15) is 9.59 Å². The summed E-state index contributed by atoms with van der Waals surface area (Å²) in [6, 6.07) is 18.3. The van der Waals surface area contributed by atoms with Crippen molar-refractivity contribution >= 4 is 29.5 Å². The number of carbonyl (C=O) groups is 2. The van der Waals surface area contributed by atoms with Crippen LogP contribution in [0.2, 0.25) is 0 Å². The Bertz CT molecular complexity index is 1410. The number of aromatic nitrogens is 1. The maximum Gasteiger partial charge on any atom is 0.328 e. The van der Waals surface area contributed by atoms with Crippen molar-refractivity contribution in [2.45, 2.75) is 45.3 Å². The van der Waals surface area contributed by atoms with Crippen molar-refractivity contribution in [2.75, 3.05) is 51.1 Å². The topological polar surface area (TPSA) is 86.2 Å². The fourth-order valence-electron chi connectivity index (χ4n) is 5.40. The summed E-state index contributed by atoms with van der Waals surface area (Å²) in [5, 5.41) is 9.10. The van der Waals surface area contributed by atoms with Gasteiger partial charge in [0.15, 0.2) is 0 Å². The summed E-state index contributed by atoms with van der Waals surface area (Å²) < 4.78 is 6.07. The molecule has 0 bridgehead atoms. The second-order valence-corrected chi connectivity index (χ2v) is 11.8. The van der Waals surface area contributed by atoms with Gasteiger partial charge in [0.05, 0.1) is 19.3 Å². The lowest BCUT2D eigenvalue weighted by atomic mass is 9.86. The number of rotatable bonds is 12. The molecule has 0 atom stereocenters. The molecular weight excluding hydrogens is 540 g/mol. The van der Waals surface area contributed by atoms with Gasteiger partial charge in [-0.25, -0.2) is 9.78 Å². The SMILES string of the molecule is Cc1cc(-c2ccc(N(C)C)cc2)ccc1CN(C(=O)C1CCC(OCCN(C)C)CC1)c1cc(C=CC(=O)O)ccn1. The van der Waals surface area contributed by atoms with Gasteiger partial charge in [-0.3, -0.25) is 9.69 Å². The fourth-order valence-corrected chi connectivity index (χ4v) is 5.40. The van der Waals surface area contributed by atoms with Crippen LogP contribution in [0, 0.1) is 12.8 Å². The molecule has 0 saturated heterocycles. The number of amides is 1. The number of likely N-dealkylation sites (N-methyl/N-ethyl adjacent to an activating group) is 1. The van der Waals surface area contributed by atoms with Crippen LogP contribution < -0.4 is 9.80 Å². The summed E-state index contributed by atoms with van der Waals surface area (Å²) in [5.41, 5.74) is 6.21. The highest BCUT2D eigenvalue weighted by Gasteiger charge is 2.31. The molecule has 0 spiro atoms. The number of pyridine rings is 1. The predicted molar refractivity (Wildman–Crippen MR) is 173 cm³/mol. The number of aryl methyl sites for hydroxylation is 1. The smallest absolute Gasteiger partial charge is 0.328 e. The Balaban J connectivity index is 1.56. The number of carbonyl (C=O) groups excluding carboxylic acids is 1. The standard InChI is InChI=1S/C35H44N4O4/c1-25-22-29(27-9-13-31(14-10-27)38(4)5)7-8-30(25)24-39(33-23-26(18-19-36-33)6-17-34(40)41)35(42)28-11-15-32(16-12-28)43-21-20-37(2)3/h6-10,13-14,17-19,22-23,28,32H,11-12,15-16,20-21,24H2,1-5H3,(H,40,41). The van der Waals surface area contributed by atoms with Gasteiger partial charge >= 0.3 is 5.97 Å². The number of hydrogen-bond donors (Lipinski definition) is 1. The van der Waals surface area contributed by atoms with Crippen molar-refractivity contribution < 1.29 is 19.4 Å². The van der Waals surface area contributed by atoms with Crippen LogP contribution in [-0.4, -0.2) is 74.3 Å². The molecule has 3 aromatic rings. The Labute approximate surface area is 255 Å². The van der Waals surface area contributed by atoms with Crippen molar-refractivity contribution in [1.82, 2.24) is 9.88 Å². The maximum atomic E-state index is 14.1. The van der Waals surface area contributed by atoms with E-state index in [1.165, 1.54) is 6.08 Å². The molecule has 4 rings (SSSR count). The van der Waals surface area contributed by atoms with Crippen molar-refractivity contribution in [3.8, 4) is 11.1 Å². The number of nitrogens with zero attached hydrogens (tertiary/aromatic N) is 4. The molecule has 1 saturated carbocycles. The highest BCUT2D eigenvalue weighted by molar-refractivity contribution is 5.94. The summed E-state index contributed by atoms with van der Waals surface area (Å²) in [7, 11) is 8.12. The van der Waals surface area contributed by atoms with Crippen molar-refractivity contribution in [3.63, 3.8) is 0 Å². The molecule has 228 valence electrons. The molecule has 1 aliphatic carbocycles. The summed E-state index contributed by atoms with van der Waals surface area (Å²) in [6.45, 7) is 4.02. The molecule has 2 aromatic carbocycles. The normalized spacial score (nSPS) is 16.9. The van der Waals surface area contributed by atoms with E-state index in [1.54, 1.807) is 23.2 Å². The lowest BCUT2D eigenvalue weighted by Crippen LogP contribution is -2.39. The van der Waals surface area contributed by atoms with Gasteiger partial charge in [0.25, 0.3) is 0 Å². The molecule has 8 heteroatoms. The third-order valence-corrected chi connectivity index (χ3v) is 8.03. The van der Waals surface area contributed by atoms with Gasteiger partial charge in [-0.1, -0.05) is 30.3 Å². The number of aliphatic carboxylic acids is 1. The molecule has 1 fully saturated rings. The van der Waals surface area contributed by atoms with Gasteiger partial charge in [0.2, 0.25) is 5.91 Å². The van der Waals surface area contributed by atoms with E-state index < -0.39 is 5.97 Å². The molecule has 0 radical (unpaired) electrons. The second-order valence-electron chi connectivity index (χ2n) is 11.8. The number of anilines is 2. The fraction of sp³-hybridized carbons (Fsp3) is 0.400. The molecule has 1 heterocycles. The predicted octanol–water partition coefficient (Wildman–Crippen LogP) is 5.89. The Morgan fingerprint density at radius 1 is 0.953 bits per heavy atom. The number of benzene rings is 2. The Morgan fingerprint density at radius 3 is 2.28 bits per heavy atom. The van der Waals surface area contributed by atoms with Crippen LogP contribution in [0.5, 0.6) is 0 Å². The van der Waals surface area contributed by atoms with Gasteiger partial charge in [-0.05, 0) is 105 Å². The van der Waals surface area contributed by atoms with Crippen LogP contribution in [0.4, 0.5) is 11.5 Å². The first-order valence-corrected chi connectivity index (χ1v) is 14.9. The Kier molecular flexibility index (Phi) is 11.1. The highest BCUT2D eigenvalue weighted by atomic mass is 16.5. The van der Waals surface area contributed by atoms with Crippen LogP contribution in [0.3, 0.4) is 0 Å². The summed E-state index contributed by atoms with van der Waals surface area (Å²) in [4.78, 5) is 35.7. The number of ether oxygens (including phenoxy) is 1. The monoisotopic (exact) mass is 584 g/mol. The van der Waals surface area contributed by atoms with Gasteiger partial charge in [-0.15, -0.1) is 0 Å². The Morgan fingerprint density at radius 2 is 1.65 bits per heavy atom. The van der Waals surface area contributed by atoms with E-state index in [2.05, 4.69) is 64.2 Å². The van der Waals surface area contributed by atoms with E-state index in [-0.39, 0.29) is 17.9 Å². The van der Waals surface area contributed by atoms with Gasteiger partial charge in [0.1, 0.15) is 5.82 Å². The quantitative estimate of drug-likeness (QED) is 0.266. The highest BCUT2D eigenvalue weighted by Crippen LogP contribution is 2.31. The van der Waals surface area contributed by atoms with Crippen molar-refractivity contribution in [1.29, 1.82) is 0 Å². The minimum absolute atomic E-state index is 0.0429.